The predicted octanol–water partition coefficient (Wildman–Crippen LogP) is 2.60. The van der Waals surface area contributed by atoms with Gasteiger partial charge in [-0.2, -0.15) is 0 Å². The minimum Gasteiger partial charge on any atom is -0.322 e. The van der Waals surface area contributed by atoms with Crippen LogP contribution in [-0.4, -0.2) is 15.9 Å². The first-order valence-corrected chi connectivity index (χ1v) is 9.35. The van der Waals surface area contributed by atoms with Crippen LogP contribution in [0.5, 0.6) is 0 Å². The number of quaternary nitrogens is 1. The molecule has 0 radical (unpaired) electrons. The molecule has 1 atom stereocenters. The van der Waals surface area contributed by atoms with Crippen LogP contribution >= 0.6 is 27.3 Å². The molecule has 0 saturated carbocycles. The van der Waals surface area contributed by atoms with E-state index in [0.717, 1.165) is 28.3 Å². The second kappa shape index (κ2) is 7.42. The summed E-state index contributed by atoms with van der Waals surface area (Å²) in [5.41, 5.74) is 2.40. The molecule has 3 aromatic rings. The molecular formula is C18H19BrN3OS+. The van der Waals surface area contributed by atoms with E-state index in [0.29, 0.717) is 12.2 Å². The Morgan fingerprint density at radius 2 is 2.17 bits per heavy atom. The molecule has 3 aromatic heterocycles. The third-order valence-corrected chi connectivity index (χ3v) is 5.47. The summed E-state index contributed by atoms with van der Waals surface area (Å²) in [6.45, 7) is 8.18. The summed E-state index contributed by atoms with van der Waals surface area (Å²) in [5.74, 6) is 0. The molecule has 0 aliphatic carbocycles. The van der Waals surface area contributed by atoms with Crippen molar-refractivity contribution in [2.24, 2.45) is 0 Å². The molecule has 0 aliphatic heterocycles. The van der Waals surface area contributed by atoms with Crippen LogP contribution in [-0.2, 0) is 13.1 Å². The number of hydrogen-bond acceptors (Lipinski definition) is 3. The van der Waals surface area contributed by atoms with Gasteiger partial charge in [0.1, 0.15) is 24.4 Å². The highest BCUT2D eigenvalue weighted by atomic mass is 79.9. The molecule has 0 aromatic carbocycles. The Bertz CT molecular complexity index is 931. The van der Waals surface area contributed by atoms with Crippen molar-refractivity contribution in [1.82, 2.24) is 9.38 Å². The number of aromatic nitrogens is 2. The lowest BCUT2D eigenvalue weighted by Crippen LogP contribution is -3.09. The molecule has 6 heteroatoms. The van der Waals surface area contributed by atoms with Crippen LogP contribution in [0.15, 0.2) is 57.6 Å². The standard InChI is InChI=1S/C18H18BrN3OS/c1-3-9-21(12-15-7-8-16(19)24-15)11-14-10-18(23)22-13(2)5-4-6-17(22)20-14/h3-8,10H,1,9,11-12H2,2H3/p+1. The molecule has 3 heterocycles. The molecule has 0 spiro atoms. The van der Waals surface area contributed by atoms with E-state index in [2.05, 4.69) is 39.6 Å². The summed E-state index contributed by atoms with van der Waals surface area (Å²) < 4.78 is 2.78. The number of nitrogens with one attached hydrogen (secondary N) is 1. The van der Waals surface area contributed by atoms with Crippen molar-refractivity contribution in [3.63, 3.8) is 0 Å². The van der Waals surface area contributed by atoms with Crippen molar-refractivity contribution in [3.8, 4) is 0 Å². The molecule has 0 fully saturated rings. The van der Waals surface area contributed by atoms with Gasteiger partial charge >= 0.3 is 0 Å². The lowest BCUT2D eigenvalue weighted by Gasteiger charge is -2.17. The monoisotopic (exact) mass is 404 g/mol. The van der Waals surface area contributed by atoms with Gasteiger partial charge in [0.05, 0.1) is 15.2 Å². The maximum absolute atomic E-state index is 12.4. The van der Waals surface area contributed by atoms with E-state index in [1.807, 2.05) is 31.2 Å². The van der Waals surface area contributed by atoms with Gasteiger partial charge in [0.25, 0.3) is 5.56 Å². The zero-order chi connectivity index (χ0) is 17.1. The Hall–Kier alpha value is -1.76. The average molecular weight is 405 g/mol. The van der Waals surface area contributed by atoms with Gasteiger partial charge < -0.3 is 4.90 Å². The number of halogens is 1. The summed E-state index contributed by atoms with van der Waals surface area (Å²) in [6.07, 6.45) is 1.91. The molecule has 124 valence electrons. The minimum atomic E-state index is -0.0232. The first-order valence-electron chi connectivity index (χ1n) is 7.74. The topological polar surface area (TPSA) is 38.8 Å². The van der Waals surface area contributed by atoms with Crippen molar-refractivity contribution in [2.75, 3.05) is 6.54 Å². The number of pyridine rings is 1. The SMILES string of the molecule is C=CC[NH+](Cc1cc(=O)n2c(C)cccc2n1)Cc1ccc(Br)s1. The zero-order valence-electron chi connectivity index (χ0n) is 13.5. The lowest BCUT2D eigenvalue weighted by atomic mass is 10.3. The summed E-state index contributed by atoms with van der Waals surface area (Å²) in [6, 6.07) is 11.6. The second-order valence-electron chi connectivity index (χ2n) is 5.75. The summed E-state index contributed by atoms with van der Waals surface area (Å²) in [4.78, 5) is 19.7. The summed E-state index contributed by atoms with van der Waals surface area (Å²) in [5, 5.41) is 0. The Balaban J connectivity index is 1.88. The van der Waals surface area contributed by atoms with E-state index in [1.165, 1.54) is 9.78 Å². The van der Waals surface area contributed by atoms with Gasteiger partial charge in [-0.1, -0.05) is 12.6 Å². The predicted molar refractivity (Wildman–Crippen MR) is 102 cm³/mol. The number of fused-ring (bicyclic) bond motifs is 1. The molecule has 24 heavy (non-hydrogen) atoms. The third kappa shape index (κ3) is 3.83. The molecule has 0 aliphatic rings. The number of hydrogen-bond donors (Lipinski definition) is 1. The zero-order valence-corrected chi connectivity index (χ0v) is 15.9. The number of aryl methyl sites for hydroxylation is 1. The van der Waals surface area contributed by atoms with Crippen molar-refractivity contribution in [1.29, 1.82) is 0 Å². The molecule has 0 bridgehead atoms. The fourth-order valence-corrected chi connectivity index (χ4v) is 4.37. The highest BCUT2D eigenvalue weighted by Gasteiger charge is 2.13. The van der Waals surface area contributed by atoms with E-state index in [9.17, 15) is 4.79 Å². The first-order chi connectivity index (χ1) is 11.6. The number of rotatable bonds is 6. The van der Waals surface area contributed by atoms with Crippen molar-refractivity contribution in [3.05, 3.63) is 79.5 Å². The summed E-state index contributed by atoms with van der Waals surface area (Å²) in [7, 11) is 0. The van der Waals surface area contributed by atoms with E-state index >= 15 is 0 Å². The maximum atomic E-state index is 12.4. The average Bonchev–Trinajstić information content (AvgIpc) is 2.92. The van der Waals surface area contributed by atoms with Gasteiger partial charge in [-0.25, -0.2) is 4.98 Å². The molecule has 3 rings (SSSR count). The largest absolute Gasteiger partial charge is 0.322 e. The van der Waals surface area contributed by atoms with Crippen LogP contribution in [0.25, 0.3) is 5.65 Å². The lowest BCUT2D eigenvalue weighted by molar-refractivity contribution is -0.921. The van der Waals surface area contributed by atoms with Crippen LogP contribution in [0.3, 0.4) is 0 Å². The van der Waals surface area contributed by atoms with E-state index in [4.69, 9.17) is 0 Å². The third-order valence-electron chi connectivity index (χ3n) is 3.85. The van der Waals surface area contributed by atoms with Gasteiger partial charge in [-0.3, -0.25) is 9.20 Å². The van der Waals surface area contributed by atoms with Crippen LogP contribution in [0.4, 0.5) is 0 Å². The van der Waals surface area contributed by atoms with E-state index in [1.54, 1.807) is 21.8 Å². The van der Waals surface area contributed by atoms with Gasteiger partial charge in [-0.05, 0) is 53.2 Å². The highest BCUT2D eigenvalue weighted by molar-refractivity contribution is 9.11. The van der Waals surface area contributed by atoms with Crippen molar-refractivity contribution < 1.29 is 4.90 Å². The molecule has 0 amide bonds. The van der Waals surface area contributed by atoms with Crippen molar-refractivity contribution in [2.45, 2.75) is 20.0 Å². The smallest absolute Gasteiger partial charge is 0.258 e. The van der Waals surface area contributed by atoms with Crippen molar-refractivity contribution >= 4 is 32.9 Å². The second-order valence-corrected chi connectivity index (χ2v) is 8.30. The van der Waals surface area contributed by atoms with E-state index < -0.39 is 0 Å². The van der Waals surface area contributed by atoms with Crippen LogP contribution in [0.2, 0.25) is 0 Å². The Labute approximate surface area is 153 Å². The number of thiophene rings is 1. The molecule has 1 unspecified atom stereocenters. The highest BCUT2D eigenvalue weighted by Crippen LogP contribution is 2.21. The van der Waals surface area contributed by atoms with Gasteiger partial charge in [0.2, 0.25) is 0 Å². The minimum absolute atomic E-state index is 0.0232. The number of nitrogens with zero attached hydrogens (tertiary/aromatic N) is 2. The van der Waals surface area contributed by atoms with Gasteiger partial charge in [-0.15, -0.1) is 11.3 Å². The normalized spacial score (nSPS) is 12.4. The van der Waals surface area contributed by atoms with Gasteiger partial charge in [0, 0.05) is 11.8 Å². The Kier molecular flexibility index (Phi) is 5.28. The Morgan fingerprint density at radius 3 is 2.88 bits per heavy atom. The molecular weight excluding hydrogens is 386 g/mol. The fraction of sp³-hybridized carbons (Fsp3) is 0.222. The van der Waals surface area contributed by atoms with Crippen LogP contribution in [0.1, 0.15) is 16.3 Å². The van der Waals surface area contributed by atoms with E-state index in [-0.39, 0.29) is 5.56 Å². The molecule has 1 N–H and O–H groups in total. The van der Waals surface area contributed by atoms with Gasteiger partial charge in [0.15, 0.2) is 0 Å². The summed E-state index contributed by atoms with van der Waals surface area (Å²) >= 11 is 5.24. The molecule has 4 nitrogen and oxygen atoms in total. The van der Waals surface area contributed by atoms with Crippen LogP contribution in [0, 0.1) is 6.92 Å². The Morgan fingerprint density at radius 1 is 1.33 bits per heavy atom. The quantitative estimate of drug-likeness (QED) is 0.641. The fourth-order valence-electron chi connectivity index (χ4n) is 2.81. The first kappa shape index (κ1) is 17.1. The maximum Gasteiger partial charge on any atom is 0.258 e. The molecule has 0 saturated heterocycles. The van der Waals surface area contributed by atoms with Crippen LogP contribution < -0.4 is 10.5 Å².